The van der Waals surface area contributed by atoms with Crippen LogP contribution in [0.4, 0.5) is 0 Å². The minimum Gasteiger partial charge on any atom is -0.508 e. The van der Waals surface area contributed by atoms with Gasteiger partial charge >= 0.3 is 5.97 Å². The van der Waals surface area contributed by atoms with Crippen LogP contribution in [0.5, 0.6) is 11.5 Å². The monoisotopic (exact) mass is 366 g/mol. The van der Waals surface area contributed by atoms with Gasteiger partial charge in [0.2, 0.25) is 0 Å². The molecule has 0 aliphatic rings. The summed E-state index contributed by atoms with van der Waals surface area (Å²) in [5, 5.41) is 19.6. The van der Waals surface area contributed by atoms with Crippen LogP contribution >= 0.6 is 11.3 Å². The summed E-state index contributed by atoms with van der Waals surface area (Å²) in [7, 11) is 0. The highest BCUT2D eigenvalue weighted by Crippen LogP contribution is 2.36. The number of hydrogen-bond donors (Lipinski definition) is 2. The maximum absolute atomic E-state index is 11.5. The second-order valence-corrected chi connectivity index (χ2v) is 6.66. The Balaban J connectivity index is 1.88. The van der Waals surface area contributed by atoms with Crippen molar-refractivity contribution in [3.05, 3.63) is 66.2 Å². The maximum Gasteiger partial charge on any atom is 0.330 e. The van der Waals surface area contributed by atoms with Crippen molar-refractivity contribution in [1.82, 2.24) is 0 Å². The molecule has 0 fully saturated rings. The van der Waals surface area contributed by atoms with E-state index in [1.54, 1.807) is 42.5 Å². The van der Waals surface area contributed by atoms with E-state index in [1.165, 1.54) is 6.08 Å². The standard InChI is InChI=1S/C21H18O4S/c1-2-25-21(24)11-7-14-12-16(6-8-18(14)23)20-10-9-19(26-20)15-4-3-5-17(22)13-15/h3-13,22-23H,2H2,1H3/b11-7+. The number of esters is 1. The molecule has 2 aromatic carbocycles. The molecule has 0 unspecified atom stereocenters. The van der Waals surface area contributed by atoms with Gasteiger partial charge in [0.05, 0.1) is 6.61 Å². The van der Waals surface area contributed by atoms with Crippen molar-refractivity contribution < 1.29 is 19.7 Å². The van der Waals surface area contributed by atoms with E-state index in [0.717, 1.165) is 20.9 Å². The average molecular weight is 366 g/mol. The van der Waals surface area contributed by atoms with Crippen LogP contribution in [0.15, 0.2) is 60.7 Å². The lowest BCUT2D eigenvalue weighted by Gasteiger charge is -2.03. The van der Waals surface area contributed by atoms with Crippen molar-refractivity contribution in [3.8, 4) is 32.4 Å². The lowest BCUT2D eigenvalue weighted by molar-refractivity contribution is -0.137. The van der Waals surface area contributed by atoms with Gasteiger partial charge in [-0.3, -0.25) is 0 Å². The van der Waals surface area contributed by atoms with Gasteiger partial charge in [-0.2, -0.15) is 0 Å². The van der Waals surface area contributed by atoms with Gasteiger partial charge in [0, 0.05) is 21.4 Å². The van der Waals surface area contributed by atoms with Crippen LogP contribution in [0.1, 0.15) is 12.5 Å². The Bertz CT molecular complexity index is 956. The Morgan fingerprint density at radius 3 is 2.46 bits per heavy atom. The highest BCUT2D eigenvalue weighted by atomic mass is 32.1. The fourth-order valence-electron chi connectivity index (χ4n) is 2.50. The molecule has 5 heteroatoms. The number of hydrogen-bond acceptors (Lipinski definition) is 5. The summed E-state index contributed by atoms with van der Waals surface area (Å²) in [6, 6.07) is 16.4. The lowest BCUT2D eigenvalue weighted by atomic mass is 10.1. The van der Waals surface area contributed by atoms with Crippen molar-refractivity contribution in [2.75, 3.05) is 6.61 Å². The van der Waals surface area contributed by atoms with Gasteiger partial charge in [0.25, 0.3) is 0 Å². The molecular formula is C21H18O4S. The predicted molar refractivity (Wildman–Crippen MR) is 104 cm³/mol. The zero-order valence-corrected chi connectivity index (χ0v) is 15.0. The molecule has 26 heavy (non-hydrogen) atoms. The Morgan fingerprint density at radius 1 is 1.04 bits per heavy atom. The number of phenols is 2. The third-order valence-corrected chi connectivity index (χ3v) is 4.92. The molecule has 4 nitrogen and oxygen atoms in total. The van der Waals surface area contributed by atoms with Gasteiger partial charge in [0.15, 0.2) is 0 Å². The van der Waals surface area contributed by atoms with Crippen LogP contribution in [0, 0.1) is 0 Å². The number of phenolic OH excluding ortho intramolecular Hbond substituents is 2. The van der Waals surface area contributed by atoms with Crippen molar-refractivity contribution in [2.45, 2.75) is 6.92 Å². The molecule has 1 heterocycles. The van der Waals surface area contributed by atoms with Gasteiger partial charge in [-0.1, -0.05) is 12.1 Å². The first kappa shape index (κ1) is 17.8. The second kappa shape index (κ2) is 7.89. The number of benzene rings is 2. The van der Waals surface area contributed by atoms with Gasteiger partial charge in [-0.15, -0.1) is 11.3 Å². The smallest absolute Gasteiger partial charge is 0.330 e. The fourth-order valence-corrected chi connectivity index (χ4v) is 3.50. The Labute approximate surface area is 155 Å². The summed E-state index contributed by atoms with van der Waals surface area (Å²) in [5.41, 5.74) is 2.42. The number of ether oxygens (including phenoxy) is 1. The number of carbonyl (C=O) groups is 1. The summed E-state index contributed by atoms with van der Waals surface area (Å²) in [4.78, 5) is 13.5. The molecule has 0 saturated carbocycles. The molecule has 0 saturated heterocycles. The summed E-state index contributed by atoms with van der Waals surface area (Å²) in [5.74, 6) is -0.118. The summed E-state index contributed by atoms with van der Waals surface area (Å²) < 4.78 is 4.85. The number of carbonyl (C=O) groups excluding carboxylic acids is 1. The molecule has 1 aromatic heterocycles. The van der Waals surface area contributed by atoms with Gasteiger partial charge < -0.3 is 14.9 Å². The highest BCUT2D eigenvalue weighted by Gasteiger charge is 2.08. The number of aromatic hydroxyl groups is 2. The van der Waals surface area contributed by atoms with Crippen LogP contribution in [-0.2, 0) is 9.53 Å². The third-order valence-electron chi connectivity index (χ3n) is 3.73. The van der Waals surface area contributed by atoms with E-state index in [1.807, 2.05) is 36.4 Å². The van der Waals surface area contributed by atoms with Crippen LogP contribution in [0.2, 0.25) is 0 Å². The summed E-state index contributed by atoms with van der Waals surface area (Å²) in [6.07, 6.45) is 2.84. The van der Waals surface area contributed by atoms with Crippen LogP contribution in [-0.4, -0.2) is 22.8 Å². The first-order valence-corrected chi connectivity index (χ1v) is 8.96. The van der Waals surface area contributed by atoms with Crippen LogP contribution < -0.4 is 0 Å². The molecule has 0 bridgehead atoms. The van der Waals surface area contributed by atoms with Crippen molar-refractivity contribution in [1.29, 1.82) is 0 Å². The molecule has 0 atom stereocenters. The molecule has 0 radical (unpaired) electrons. The third kappa shape index (κ3) is 4.13. The minimum absolute atomic E-state index is 0.0964. The Hall–Kier alpha value is -3.05. The van der Waals surface area contributed by atoms with E-state index in [0.29, 0.717) is 12.2 Å². The molecule has 0 spiro atoms. The van der Waals surface area contributed by atoms with E-state index >= 15 is 0 Å². The zero-order chi connectivity index (χ0) is 18.5. The van der Waals surface area contributed by atoms with Gasteiger partial charge in [-0.25, -0.2) is 4.79 Å². The lowest BCUT2D eigenvalue weighted by Crippen LogP contribution is -1.98. The normalized spacial score (nSPS) is 11.0. The van der Waals surface area contributed by atoms with E-state index in [9.17, 15) is 15.0 Å². The quantitative estimate of drug-likeness (QED) is 0.489. The predicted octanol–water partition coefficient (Wildman–Crippen LogP) is 5.07. The SMILES string of the molecule is CCOC(=O)/C=C/c1cc(-c2ccc(-c3cccc(O)c3)s2)ccc1O. The average Bonchev–Trinajstić information content (AvgIpc) is 3.11. The summed E-state index contributed by atoms with van der Waals surface area (Å²) in [6.45, 7) is 2.05. The minimum atomic E-state index is -0.445. The highest BCUT2D eigenvalue weighted by molar-refractivity contribution is 7.18. The van der Waals surface area contributed by atoms with Crippen LogP contribution in [0.25, 0.3) is 27.0 Å². The molecule has 0 amide bonds. The molecular weight excluding hydrogens is 348 g/mol. The second-order valence-electron chi connectivity index (χ2n) is 5.57. The molecule has 0 aliphatic heterocycles. The van der Waals surface area contributed by atoms with E-state index < -0.39 is 5.97 Å². The largest absolute Gasteiger partial charge is 0.508 e. The molecule has 3 rings (SSSR count). The summed E-state index contributed by atoms with van der Waals surface area (Å²) >= 11 is 1.59. The van der Waals surface area contributed by atoms with Crippen LogP contribution in [0.3, 0.4) is 0 Å². The van der Waals surface area contributed by atoms with E-state index in [2.05, 4.69) is 0 Å². The number of thiophene rings is 1. The molecule has 3 aromatic rings. The van der Waals surface area contributed by atoms with Gasteiger partial charge in [0.1, 0.15) is 11.5 Å². The van der Waals surface area contributed by atoms with Gasteiger partial charge in [-0.05, 0) is 66.6 Å². The first-order valence-electron chi connectivity index (χ1n) is 8.14. The van der Waals surface area contributed by atoms with Crippen molar-refractivity contribution in [3.63, 3.8) is 0 Å². The molecule has 0 aliphatic carbocycles. The molecule has 132 valence electrons. The fraction of sp³-hybridized carbons (Fsp3) is 0.0952. The van der Waals surface area contributed by atoms with E-state index in [-0.39, 0.29) is 11.5 Å². The van der Waals surface area contributed by atoms with Crippen molar-refractivity contribution in [2.24, 2.45) is 0 Å². The van der Waals surface area contributed by atoms with Crippen molar-refractivity contribution >= 4 is 23.4 Å². The zero-order valence-electron chi connectivity index (χ0n) is 14.2. The maximum atomic E-state index is 11.5. The number of rotatable bonds is 5. The molecule has 2 N–H and O–H groups in total. The Kier molecular flexibility index (Phi) is 5.39. The first-order chi connectivity index (χ1) is 12.6. The topological polar surface area (TPSA) is 66.8 Å². The van der Waals surface area contributed by atoms with E-state index in [4.69, 9.17) is 4.74 Å². The Morgan fingerprint density at radius 2 is 1.77 bits per heavy atom.